The van der Waals surface area contributed by atoms with Crippen molar-refractivity contribution in [3.05, 3.63) is 29.8 Å². The second-order valence-corrected chi connectivity index (χ2v) is 5.50. The van der Waals surface area contributed by atoms with Crippen LogP contribution >= 0.6 is 12.6 Å². The highest BCUT2D eigenvalue weighted by molar-refractivity contribution is 7.80. The number of hydrogen-bond acceptors (Lipinski definition) is 3. The Kier molecular flexibility index (Phi) is 7.60. The molecule has 1 rings (SSSR count). The molecule has 1 aromatic rings. The molecule has 106 valence electrons. The Balaban J connectivity index is 2.09. The van der Waals surface area contributed by atoms with Gasteiger partial charge in [-0.2, -0.15) is 0 Å². The fourth-order valence-electron chi connectivity index (χ4n) is 1.55. The van der Waals surface area contributed by atoms with E-state index < -0.39 is 0 Å². The average molecular weight is 281 g/mol. The molecule has 0 aliphatic heterocycles. The zero-order chi connectivity index (χ0) is 14.1. The van der Waals surface area contributed by atoms with E-state index in [1.54, 1.807) is 0 Å². The molecule has 0 spiro atoms. The van der Waals surface area contributed by atoms with Crippen LogP contribution < -0.4 is 5.32 Å². The van der Waals surface area contributed by atoms with Gasteiger partial charge in [0.05, 0.1) is 13.0 Å². The summed E-state index contributed by atoms with van der Waals surface area (Å²) in [5.41, 5.74) is 0.996. The third kappa shape index (κ3) is 7.90. The first-order chi connectivity index (χ1) is 9.08. The summed E-state index contributed by atoms with van der Waals surface area (Å²) in [5.74, 6) is 0.684. The first kappa shape index (κ1) is 16.1. The molecule has 0 atom stereocenters. The Hall–Kier alpha value is -1.00. The zero-order valence-corrected chi connectivity index (χ0v) is 12.6. The first-order valence-corrected chi connectivity index (χ1v) is 7.15. The summed E-state index contributed by atoms with van der Waals surface area (Å²) in [5, 5.41) is 2.85. The molecule has 0 aliphatic carbocycles. The quantitative estimate of drug-likeness (QED) is 0.568. The van der Waals surface area contributed by atoms with Crippen molar-refractivity contribution >= 4 is 18.5 Å². The minimum atomic E-state index is 0.0272. The highest BCUT2D eigenvalue weighted by Gasteiger charge is 2.02. The Labute approximate surface area is 121 Å². The van der Waals surface area contributed by atoms with Crippen LogP contribution in [0.15, 0.2) is 29.2 Å². The molecule has 4 heteroatoms. The van der Waals surface area contributed by atoms with E-state index in [9.17, 15) is 4.79 Å². The molecule has 0 saturated heterocycles. The van der Waals surface area contributed by atoms with Gasteiger partial charge in [-0.3, -0.25) is 4.79 Å². The molecule has 3 nitrogen and oxygen atoms in total. The van der Waals surface area contributed by atoms with Gasteiger partial charge in [-0.05, 0) is 30.0 Å². The fourth-order valence-corrected chi connectivity index (χ4v) is 1.69. The van der Waals surface area contributed by atoms with E-state index in [0.717, 1.165) is 23.5 Å². The highest BCUT2D eigenvalue weighted by Crippen LogP contribution is 2.08. The summed E-state index contributed by atoms with van der Waals surface area (Å²) in [6.07, 6.45) is 1.46. The molecular weight excluding hydrogens is 258 g/mol. The number of carbonyl (C=O) groups is 1. The Morgan fingerprint density at radius 2 is 1.95 bits per heavy atom. The smallest absolute Gasteiger partial charge is 0.224 e. The fraction of sp³-hybridized carbons (Fsp3) is 0.533. The molecular formula is C15H23NO2S. The van der Waals surface area contributed by atoms with E-state index in [4.69, 9.17) is 4.74 Å². The lowest BCUT2D eigenvalue weighted by Crippen LogP contribution is -2.28. The van der Waals surface area contributed by atoms with Crippen LogP contribution in [0.5, 0.6) is 0 Å². The third-order valence-electron chi connectivity index (χ3n) is 2.71. The van der Waals surface area contributed by atoms with Crippen LogP contribution in [-0.2, 0) is 16.0 Å². The minimum Gasteiger partial charge on any atom is -0.380 e. The van der Waals surface area contributed by atoms with Gasteiger partial charge < -0.3 is 10.1 Å². The molecule has 1 amide bonds. The molecule has 0 bridgehead atoms. The standard InChI is InChI=1S/C15H23NO2S/c1-12(2)7-9-18-10-8-16-15(17)11-13-3-5-14(19)6-4-13/h3-6,12,19H,7-11H2,1-2H3,(H,16,17). The molecule has 19 heavy (non-hydrogen) atoms. The summed E-state index contributed by atoms with van der Waals surface area (Å²) in [6, 6.07) is 7.61. The minimum absolute atomic E-state index is 0.0272. The summed E-state index contributed by atoms with van der Waals surface area (Å²) >= 11 is 4.21. The molecule has 0 unspecified atom stereocenters. The zero-order valence-electron chi connectivity index (χ0n) is 11.7. The summed E-state index contributed by atoms with van der Waals surface area (Å²) in [7, 11) is 0. The summed E-state index contributed by atoms with van der Waals surface area (Å²) in [4.78, 5) is 12.6. The topological polar surface area (TPSA) is 38.3 Å². The van der Waals surface area contributed by atoms with Crippen LogP contribution in [0.4, 0.5) is 0 Å². The van der Waals surface area contributed by atoms with E-state index in [0.29, 0.717) is 25.5 Å². The van der Waals surface area contributed by atoms with Gasteiger partial charge in [-0.15, -0.1) is 12.6 Å². The SMILES string of the molecule is CC(C)CCOCCNC(=O)Cc1ccc(S)cc1. The summed E-state index contributed by atoms with van der Waals surface area (Å²) < 4.78 is 5.44. The van der Waals surface area contributed by atoms with Gasteiger partial charge in [0, 0.05) is 18.0 Å². The lowest BCUT2D eigenvalue weighted by atomic mass is 10.1. The summed E-state index contributed by atoms with van der Waals surface area (Å²) in [6.45, 7) is 6.25. The second-order valence-electron chi connectivity index (χ2n) is 4.99. The van der Waals surface area contributed by atoms with Gasteiger partial charge in [0.15, 0.2) is 0 Å². The van der Waals surface area contributed by atoms with E-state index in [1.807, 2.05) is 24.3 Å². The number of amides is 1. The molecule has 0 heterocycles. The molecule has 0 aromatic heterocycles. The van der Waals surface area contributed by atoms with Crippen LogP contribution in [0.3, 0.4) is 0 Å². The van der Waals surface area contributed by atoms with Crippen LogP contribution in [-0.4, -0.2) is 25.7 Å². The van der Waals surface area contributed by atoms with Gasteiger partial charge >= 0.3 is 0 Å². The first-order valence-electron chi connectivity index (χ1n) is 6.70. The molecule has 0 radical (unpaired) electrons. The van der Waals surface area contributed by atoms with Crippen molar-refractivity contribution in [1.82, 2.24) is 5.32 Å². The third-order valence-corrected chi connectivity index (χ3v) is 3.01. The average Bonchev–Trinajstić information content (AvgIpc) is 2.36. The maximum atomic E-state index is 11.7. The predicted molar refractivity (Wildman–Crippen MR) is 80.7 cm³/mol. The molecule has 0 saturated carbocycles. The molecule has 1 N–H and O–H groups in total. The van der Waals surface area contributed by atoms with Gasteiger partial charge in [0.25, 0.3) is 0 Å². The van der Waals surface area contributed by atoms with Crippen molar-refractivity contribution in [2.75, 3.05) is 19.8 Å². The van der Waals surface area contributed by atoms with E-state index in [-0.39, 0.29) is 5.91 Å². The van der Waals surface area contributed by atoms with E-state index >= 15 is 0 Å². The monoisotopic (exact) mass is 281 g/mol. The number of ether oxygens (including phenoxy) is 1. The lowest BCUT2D eigenvalue weighted by molar-refractivity contribution is -0.120. The van der Waals surface area contributed by atoms with Crippen molar-refractivity contribution < 1.29 is 9.53 Å². The Morgan fingerprint density at radius 3 is 2.58 bits per heavy atom. The van der Waals surface area contributed by atoms with Gasteiger partial charge in [-0.1, -0.05) is 26.0 Å². The van der Waals surface area contributed by atoms with Crippen molar-refractivity contribution in [3.8, 4) is 0 Å². The van der Waals surface area contributed by atoms with Gasteiger partial charge in [0.2, 0.25) is 5.91 Å². The number of benzene rings is 1. The maximum absolute atomic E-state index is 11.7. The van der Waals surface area contributed by atoms with Crippen LogP contribution in [0, 0.1) is 5.92 Å². The van der Waals surface area contributed by atoms with Crippen molar-refractivity contribution in [2.24, 2.45) is 5.92 Å². The number of thiol groups is 1. The lowest BCUT2D eigenvalue weighted by Gasteiger charge is -2.08. The molecule has 0 fully saturated rings. The van der Waals surface area contributed by atoms with Crippen molar-refractivity contribution in [1.29, 1.82) is 0 Å². The second kappa shape index (κ2) is 8.99. The number of rotatable bonds is 8. The molecule has 1 aromatic carbocycles. The van der Waals surface area contributed by atoms with Crippen molar-refractivity contribution in [2.45, 2.75) is 31.6 Å². The van der Waals surface area contributed by atoms with E-state index in [1.165, 1.54) is 0 Å². The number of nitrogens with one attached hydrogen (secondary N) is 1. The highest BCUT2D eigenvalue weighted by atomic mass is 32.1. The number of carbonyl (C=O) groups excluding carboxylic acids is 1. The molecule has 0 aliphatic rings. The van der Waals surface area contributed by atoms with E-state index in [2.05, 4.69) is 31.8 Å². The van der Waals surface area contributed by atoms with Gasteiger partial charge in [-0.25, -0.2) is 0 Å². The largest absolute Gasteiger partial charge is 0.380 e. The van der Waals surface area contributed by atoms with Crippen LogP contribution in [0.1, 0.15) is 25.8 Å². The predicted octanol–water partition coefficient (Wildman–Crippen LogP) is 2.70. The Bertz CT molecular complexity index is 376. The Morgan fingerprint density at radius 1 is 1.26 bits per heavy atom. The van der Waals surface area contributed by atoms with Crippen LogP contribution in [0.2, 0.25) is 0 Å². The van der Waals surface area contributed by atoms with Crippen molar-refractivity contribution in [3.63, 3.8) is 0 Å². The number of hydrogen-bond donors (Lipinski definition) is 2. The van der Waals surface area contributed by atoms with Crippen LogP contribution in [0.25, 0.3) is 0 Å². The maximum Gasteiger partial charge on any atom is 0.224 e. The van der Waals surface area contributed by atoms with Gasteiger partial charge in [0.1, 0.15) is 0 Å². The normalized spacial score (nSPS) is 10.7.